The molecule has 186 valence electrons. The molecule has 2 amide bonds. The van der Waals surface area contributed by atoms with E-state index in [1.807, 2.05) is 48.5 Å². The molecule has 0 unspecified atom stereocenters. The van der Waals surface area contributed by atoms with E-state index >= 15 is 0 Å². The standard InChI is InChI=1S/C29H33N5O2/c1-18(2)24-11-7-22(8-12-24)16-30-33-28(35)26-15-27(21(6)32-20(26)5)29(36)34-31-17-23-9-13-25(14-10-23)19(3)4/h7-19H,1-6H3,(H,33,35)(H,34,36)/b30-16-,31-17-. The second-order valence-electron chi connectivity index (χ2n) is 9.30. The molecule has 1 heterocycles. The first kappa shape index (κ1) is 26.5. The Bertz CT molecular complexity index is 1180. The summed E-state index contributed by atoms with van der Waals surface area (Å²) in [4.78, 5) is 29.8. The molecule has 0 saturated heterocycles. The number of nitrogens with one attached hydrogen (secondary N) is 2. The number of rotatable bonds is 8. The van der Waals surface area contributed by atoms with Crippen LogP contribution in [0, 0.1) is 13.8 Å². The largest absolute Gasteiger partial charge is 0.273 e. The van der Waals surface area contributed by atoms with Gasteiger partial charge in [-0.05, 0) is 54.0 Å². The molecule has 0 bridgehead atoms. The Hall–Kier alpha value is -4.13. The molecular formula is C29H33N5O2. The van der Waals surface area contributed by atoms with Crippen LogP contribution in [0.4, 0.5) is 0 Å². The molecule has 2 N–H and O–H groups in total. The van der Waals surface area contributed by atoms with Gasteiger partial charge < -0.3 is 0 Å². The lowest BCUT2D eigenvalue weighted by Crippen LogP contribution is -2.23. The van der Waals surface area contributed by atoms with Crippen LogP contribution in [0.1, 0.15) is 93.9 Å². The zero-order valence-corrected chi connectivity index (χ0v) is 21.7. The van der Waals surface area contributed by atoms with E-state index in [0.29, 0.717) is 23.2 Å². The Morgan fingerprint density at radius 1 is 0.694 bits per heavy atom. The minimum Gasteiger partial charge on any atom is -0.267 e. The van der Waals surface area contributed by atoms with E-state index in [1.165, 1.54) is 17.2 Å². The Morgan fingerprint density at radius 3 is 1.39 bits per heavy atom. The number of nitrogens with zero attached hydrogens (tertiary/aromatic N) is 3. The summed E-state index contributed by atoms with van der Waals surface area (Å²) in [5, 5.41) is 8.11. The van der Waals surface area contributed by atoms with E-state index in [-0.39, 0.29) is 11.1 Å². The van der Waals surface area contributed by atoms with Gasteiger partial charge in [0.1, 0.15) is 0 Å². The van der Waals surface area contributed by atoms with Gasteiger partial charge in [0.25, 0.3) is 11.8 Å². The van der Waals surface area contributed by atoms with E-state index in [0.717, 1.165) is 11.1 Å². The van der Waals surface area contributed by atoms with Crippen LogP contribution in [0.3, 0.4) is 0 Å². The van der Waals surface area contributed by atoms with E-state index < -0.39 is 11.8 Å². The van der Waals surface area contributed by atoms with E-state index in [9.17, 15) is 9.59 Å². The number of aryl methyl sites for hydroxylation is 2. The van der Waals surface area contributed by atoms with Gasteiger partial charge in [-0.15, -0.1) is 0 Å². The molecule has 3 rings (SSSR count). The zero-order valence-electron chi connectivity index (χ0n) is 21.7. The molecule has 0 fully saturated rings. The van der Waals surface area contributed by atoms with Crippen molar-refractivity contribution in [2.24, 2.45) is 10.2 Å². The summed E-state index contributed by atoms with van der Waals surface area (Å²) in [6, 6.07) is 17.5. The minimum atomic E-state index is -0.446. The van der Waals surface area contributed by atoms with Crippen molar-refractivity contribution >= 4 is 24.2 Å². The van der Waals surface area contributed by atoms with Gasteiger partial charge in [-0.25, -0.2) is 10.9 Å². The summed E-state index contributed by atoms with van der Waals surface area (Å²) < 4.78 is 0. The first-order chi connectivity index (χ1) is 17.2. The molecular weight excluding hydrogens is 450 g/mol. The van der Waals surface area contributed by atoms with E-state index in [2.05, 4.69) is 53.7 Å². The van der Waals surface area contributed by atoms with Crippen molar-refractivity contribution in [2.75, 3.05) is 0 Å². The fourth-order valence-corrected chi connectivity index (χ4v) is 3.57. The fourth-order valence-electron chi connectivity index (χ4n) is 3.57. The summed E-state index contributed by atoms with van der Waals surface area (Å²) in [6.07, 6.45) is 3.16. The molecule has 0 aliphatic heterocycles. The van der Waals surface area contributed by atoms with Crippen LogP contribution in [0.5, 0.6) is 0 Å². The van der Waals surface area contributed by atoms with Gasteiger partial charge in [0.15, 0.2) is 0 Å². The van der Waals surface area contributed by atoms with Crippen molar-refractivity contribution in [2.45, 2.75) is 53.4 Å². The fraction of sp³-hybridized carbons (Fsp3) is 0.276. The van der Waals surface area contributed by atoms with Gasteiger partial charge >= 0.3 is 0 Å². The monoisotopic (exact) mass is 483 g/mol. The predicted molar refractivity (Wildman–Crippen MR) is 145 cm³/mol. The highest BCUT2D eigenvalue weighted by atomic mass is 16.2. The van der Waals surface area contributed by atoms with Crippen molar-refractivity contribution in [3.63, 3.8) is 0 Å². The molecule has 0 aliphatic rings. The van der Waals surface area contributed by atoms with Gasteiger partial charge in [0.2, 0.25) is 0 Å². The van der Waals surface area contributed by atoms with Gasteiger partial charge in [-0.3, -0.25) is 14.6 Å². The number of hydrazone groups is 2. The van der Waals surface area contributed by atoms with Crippen LogP contribution in [-0.4, -0.2) is 29.2 Å². The third-order valence-electron chi connectivity index (χ3n) is 5.86. The number of amides is 2. The molecule has 7 nitrogen and oxygen atoms in total. The number of carbonyl (C=O) groups excluding carboxylic acids is 2. The molecule has 0 atom stereocenters. The Morgan fingerprint density at radius 2 is 1.06 bits per heavy atom. The lowest BCUT2D eigenvalue weighted by atomic mass is 10.0. The van der Waals surface area contributed by atoms with Crippen molar-refractivity contribution < 1.29 is 9.59 Å². The highest BCUT2D eigenvalue weighted by Crippen LogP contribution is 2.16. The number of benzene rings is 2. The Labute approximate surface area is 212 Å². The van der Waals surface area contributed by atoms with Gasteiger partial charge in [-0.2, -0.15) is 10.2 Å². The maximum absolute atomic E-state index is 12.7. The second kappa shape index (κ2) is 12.0. The third kappa shape index (κ3) is 6.95. The molecule has 1 aromatic heterocycles. The topological polar surface area (TPSA) is 95.8 Å². The molecule has 0 spiro atoms. The summed E-state index contributed by atoms with van der Waals surface area (Å²) in [6.45, 7) is 12.0. The van der Waals surface area contributed by atoms with Crippen molar-refractivity contribution in [3.05, 3.63) is 99.4 Å². The first-order valence-corrected chi connectivity index (χ1v) is 12.0. The number of aromatic nitrogens is 1. The van der Waals surface area contributed by atoms with Crippen LogP contribution in [-0.2, 0) is 0 Å². The summed E-state index contributed by atoms with van der Waals surface area (Å²) in [7, 11) is 0. The average Bonchev–Trinajstić information content (AvgIpc) is 2.84. The van der Waals surface area contributed by atoms with E-state index in [1.54, 1.807) is 26.3 Å². The summed E-state index contributed by atoms with van der Waals surface area (Å²) in [5.74, 6) is -0.00204. The zero-order chi connectivity index (χ0) is 26.2. The Balaban J connectivity index is 1.66. The highest BCUT2D eigenvalue weighted by molar-refractivity contribution is 6.01. The highest BCUT2D eigenvalue weighted by Gasteiger charge is 2.17. The Kier molecular flexibility index (Phi) is 8.84. The quantitative estimate of drug-likeness (QED) is 0.328. The average molecular weight is 484 g/mol. The van der Waals surface area contributed by atoms with Crippen LogP contribution in [0.25, 0.3) is 0 Å². The van der Waals surface area contributed by atoms with Crippen LogP contribution < -0.4 is 10.9 Å². The number of hydrogen-bond acceptors (Lipinski definition) is 5. The molecule has 0 radical (unpaired) electrons. The number of hydrogen-bond donors (Lipinski definition) is 2. The van der Waals surface area contributed by atoms with Gasteiger partial charge in [0, 0.05) is 0 Å². The summed E-state index contributed by atoms with van der Waals surface area (Å²) >= 11 is 0. The maximum Gasteiger partial charge on any atom is 0.273 e. The van der Waals surface area contributed by atoms with Crippen molar-refractivity contribution in [1.29, 1.82) is 0 Å². The normalized spacial score (nSPS) is 11.6. The smallest absolute Gasteiger partial charge is 0.267 e. The molecule has 3 aromatic rings. The van der Waals surface area contributed by atoms with E-state index in [4.69, 9.17) is 0 Å². The first-order valence-electron chi connectivity index (χ1n) is 12.0. The van der Waals surface area contributed by atoms with Gasteiger partial charge in [0.05, 0.1) is 34.9 Å². The van der Waals surface area contributed by atoms with Crippen molar-refractivity contribution in [1.82, 2.24) is 15.8 Å². The van der Waals surface area contributed by atoms with Crippen LogP contribution in [0.2, 0.25) is 0 Å². The molecule has 2 aromatic carbocycles. The third-order valence-corrected chi connectivity index (χ3v) is 5.86. The molecule has 36 heavy (non-hydrogen) atoms. The lowest BCUT2D eigenvalue weighted by Gasteiger charge is -2.09. The SMILES string of the molecule is Cc1nc(C)c(C(=O)N/N=C\c2ccc(C(C)C)cc2)cc1C(=O)N/N=C\c1ccc(C(C)C)cc1. The minimum absolute atomic E-state index is 0.270. The van der Waals surface area contributed by atoms with Crippen LogP contribution in [0.15, 0.2) is 64.8 Å². The number of pyridine rings is 1. The predicted octanol–water partition coefficient (Wildman–Crippen LogP) is 5.47. The summed E-state index contributed by atoms with van der Waals surface area (Å²) in [5.41, 5.74) is 10.8. The molecule has 7 heteroatoms. The van der Waals surface area contributed by atoms with Crippen LogP contribution >= 0.6 is 0 Å². The molecule has 0 aliphatic carbocycles. The molecule has 0 saturated carbocycles. The van der Waals surface area contributed by atoms with Gasteiger partial charge in [-0.1, -0.05) is 76.2 Å². The lowest BCUT2D eigenvalue weighted by molar-refractivity contribution is 0.0954. The number of carbonyl (C=O) groups is 2. The van der Waals surface area contributed by atoms with Crippen molar-refractivity contribution in [3.8, 4) is 0 Å². The second-order valence-corrected chi connectivity index (χ2v) is 9.30. The maximum atomic E-state index is 12.7.